The van der Waals surface area contributed by atoms with Crippen LogP contribution in [0.2, 0.25) is 0 Å². The lowest BCUT2D eigenvalue weighted by Crippen LogP contribution is -2.53. The number of amides is 3. The summed E-state index contributed by atoms with van der Waals surface area (Å²) in [5.74, 6) is -1.34. The number of hydrogen-bond donors (Lipinski definition) is 4. The Hall–Kier alpha value is -2.65. The maximum absolute atomic E-state index is 11.6. The first-order chi connectivity index (χ1) is 10.1. The predicted octanol–water partition coefficient (Wildman–Crippen LogP) is -1.45. The molecule has 114 valence electrons. The fourth-order valence-corrected chi connectivity index (χ4v) is 1.91. The van der Waals surface area contributed by atoms with Crippen molar-refractivity contribution in [2.75, 3.05) is 13.1 Å². The number of nitrogens with one attached hydrogen (secondary N) is 3. The standard InChI is InChI=1S/C11H16N6O4/c18-9-7(2-1-3-12-9)14-11(21)13-4-5-17-6-8(10(19)20)15-16-17/h6-7H,1-5H2,(H,12,18)(H,19,20)(H2,13,14,21). The SMILES string of the molecule is O=C(NCCn1cc(C(=O)O)nn1)NC1CCCNC1=O. The van der Waals surface area contributed by atoms with Gasteiger partial charge in [0.05, 0.1) is 12.7 Å². The normalized spacial score (nSPS) is 17.9. The summed E-state index contributed by atoms with van der Waals surface area (Å²) in [5, 5.41) is 23.6. The van der Waals surface area contributed by atoms with E-state index in [0.29, 0.717) is 13.0 Å². The van der Waals surface area contributed by atoms with Crippen molar-refractivity contribution in [2.24, 2.45) is 0 Å². The molecule has 4 N–H and O–H groups in total. The minimum atomic E-state index is -1.16. The van der Waals surface area contributed by atoms with Gasteiger partial charge in [-0.1, -0.05) is 5.21 Å². The second kappa shape index (κ2) is 6.68. The number of aromatic carboxylic acids is 1. The third-order valence-corrected chi connectivity index (χ3v) is 2.97. The molecule has 0 aromatic carbocycles. The Labute approximate surface area is 119 Å². The second-order valence-corrected chi connectivity index (χ2v) is 4.56. The lowest BCUT2D eigenvalue weighted by molar-refractivity contribution is -0.124. The van der Waals surface area contributed by atoms with Crippen LogP contribution in [0.4, 0.5) is 4.79 Å². The number of rotatable bonds is 5. The molecule has 3 amide bonds. The van der Waals surface area contributed by atoms with Gasteiger partial charge in [-0.2, -0.15) is 0 Å². The number of hydrogen-bond acceptors (Lipinski definition) is 5. The molecule has 1 saturated heterocycles. The lowest BCUT2D eigenvalue weighted by Gasteiger charge is -2.22. The summed E-state index contributed by atoms with van der Waals surface area (Å²) >= 11 is 0. The molecule has 0 bridgehead atoms. The third kappa shape index (κ3) is 4.16. The van der Waals surface area contributed by atoms with Crippen LogP contribution in [0.15, 0.2) is 6.20 Å². The largest absolute Gasteiger partial charge is 0.476 e. The Bertz CT molecular complexity index is 543. The van der Waals surface area contributed by atoms with Gasteiger partial charge in [0, 0.05) is 13.1 Å². The first-order valence-electron chi connectivity index (χ1n) is 6.52. The summed E-state index contributed by atoms with van der Waals surface area (Å²) < 4.78 is 1.32. The monoisotopic (exact) mass is 296 g/mol. The number of piperidine rings is 1. The van der Waals surface area contributed by atoms with Crippen molar-refractivity contribution < 1.29 is 19.5 Å². The number of carboxylic acid groups (broad SMARTS) is 1. The highest BCUT2D eigenvalue weighted by molar-refractivity contribution is 5.87. The van der Waals surface area contributed by atoms with Gasteiger partial charge in [-0.05, 0) is 12.8 Å². The van der Waals surface area contributed by atoms with Gasteiger partial charge in [0.1, 0.15) is 6.04 Å². The summed E-state index contributed by atoms with van der Waals surface area (Å²) in [6, 6.07) is -0.959. The van der Waals surface area contributed by atoms with E-state index >= 15 is 0 Å². The Balaban J connectivity index is 1.71. The minimum Gasteiger partial charge on any atom is -0.476 e. The van der Waals surface area contributed by atoms with Crippen LogP contribution in [0.3, 0.4) is 0 Å². The average Bonchev–Trinajstić information content (AvgIpc) is 2.90. The Morgan fingerprint density at radius 3 is 3.00 bits per heavy atom. The van der Waals surface area contributed by atoms with E-state index in [1.165, 1.54) is 10.9 Å². The van der Waals surface area contributed by atoms with Gasteiger partial charge < -0.3 is 21.1 Å². The minimum absolute atomic E-state index is 0.154. The van der Waals surface area contributed by atoms with Crippen LogP contribution >= 0.6 is 0 Å². The van der Waals surface area contributed by atoms with E-state index in [1.807, 2.05) is 0 Å². The maximum atomic E-state index is 11.6. The molecule has 10 nitrogen and oxygen atoms in total. The quantitative estimate of drug-likeness (QED) is 0.524. The summed E-state index contributed by atoms with van der Waals surface area (Å²) in [6.07, 6.45) is 2.72. The van der Waals surface area contributed by atoms with E-state index in [9.17, 15) is 14.4 Å². The number of nitrogens with zero attached hydrogens (tertiary/aromatic N) is 3. The van der Waals surface area contributed by atoms with E-state index < -0.39 is 18.0 Å². The molecule has 10 heteroatoms. The van der Waals surface area contributed by atoms with Crippen LogP contribution in [-0.4, -0.2) is 57.1 Å². The smallest absolute Gasteiger partial charge is 0.358 e. The molecule has 0 spiro atoms. The molecular weight excluding hydrogens is 280 g/mol. The number of carbonyl (C=O) groups excluding carboxylic acids is 2. The molecule has 1 fully saturated rings. The third-order valence-electron chi connectivity index (χ3n) is 2.97. The molecule has 2 heterocycles. The van der Waals surface area contributed by atoms with Gasteiger partial charge in [-0.25, -0.2) is 14.3 Å². The first kappa shape index (κ1) is 14.8. The van der Waals surface area contributed by atoms with E-state index in [1.54, 1.807) is 0 Å². The fraction of sp³-hybridized carbons (Fsp3) is 0.545. The summed E-state index contributed by atoms with van der Waals surface area (Å²) in [7, 11) is 0. The molecule has 1 aromatic heterocycles. The zero-order valence-electron chi connectivity index (χ0n) is 11.2. The number of carboxylic acids is 1. The van der Waals surface area contributed by atoms with Crippen molar-refractivity contribution >= 4 is 17.9 Å². The molecule has 2 rings (SSSR count). The predicted molar refractivity (Wildman–Crippen MR) is 69.5 cm³/mol. The topological polar surface area (TPSA) is 138 Å². The van der Waals surface area contributed by atoms with Crippen LogP contribution < -0.4 is 16.0 Å². The number of carbonyl (C=O) groups is 3. The van der Waals surface area contributed by atoms with Gasteiger partial charge in [0.25, 0.3) is 0 Å². The van der Waals surface area contributed by atoms with Crippen molar-refractivity contribution in [3.8, 4) is 0 Å². The zero-order chi connectivity index (χ0) is 15.2. The van der Waals surface area contributed by atoms with Gasteiger partial charge in [-0.3, -0.25) is 4.79 Å². The molecule has 1 unspecified atom stereocenters. The van der Waals surface area contributed by atoms with E-state index in [4.69, 9.17) is 5.11 Å². The molecule has 1 aromatic rings. The number of urea groups is 1. The summed E-state index contributed by atoms with van der Waals surface area (Å²) in [6.45, 7) is 1.16. The van der Waals surface area contributed by atoms with Gasteiger partial charge in [0.15, 0.2) is 5.69 Å². The first-order valence-corrected chi connectivity index (χ1v) is 6.52. The van der Waals surface area contributed by atoms with Crippen molar-refractivity contribution in [2.45, 2.75) is 25.4 Å². The highest BCUT2D eigenvalue weighted by atomic mass is 16.4. The van der Waals surface area contributed by atoms with Gasteiger partial charge >= 0.3 is 12.0 Å². The van der Waals surface area contributed by atoms with Crippen LogP contribution in [0.25, 0.3) is 0 Å². The Morgan fingerprint density at radius 1 is 1.52 bits per heavy atom. The fourth-order valence-electron chi connectivity index (χ4n) is 1.91. The zero-order valence-corrected chi connectivity index (χ0v) is 11.2. The van der Waals surface area contributed by atoms with Crippen LogP contribution in [0, 0.1) is 0 Å². The molecule has 0 radical (unpaired) electrons. The molecule has 0 saturated carbocycles. The molecule has 1 atom stereocenters. The van der Waals surface area contributed by atoms with Gasteiger partial charge in [0.2, 0.25) is 5.91 Å². The summed E-state index contributed by atoms with van der Waals surface area (Å²) in [4.78, 5) is 33.7. The molecule has 21 heavy (non-hydrogen) atoms. The summed E-state index contributed by atoms with van der Waals surface area (Å²) in [5.41, 5.74) is -0.154. The second-order valence-electron chi connectivity index (χ2n) is 4.56. The Kier molecular flexibility index (Phi) is 4.69. The van der Waals surface area contributed by atoms with Gasteiger partial charge in [-0.15, -0.1) is 5.10 Å². The van der Waals surface area contributed by atoms with Crippen molar-refractivity contribution in [1.29, 1.82) is 0 Å². The van der Waals surface area contributed by atoms with Crippen molar-refractivity contribution in [3.05, 3.63) is 11.9 Å². The van der Waals surface area contributed by atoms with Crippen LogP contribution in [0.5, 0.6) is 0 Å². The lowest BCUT2D eigenvalue weighted by atomic mass is 10.1. The van der Waals surface area contributed by atoms with Crippen LogP contribution in [0.1, 0.15) is 23.3 Å². The number of aromatic nitrogens is 3. The van der Waals surface area contributed by atoms with Crippen LogP contribution in [-0.2, 0) is 11.3 Å². The molecular formula is C11H16N6O4. The average molecular weight is 296 g/mol. The molecule has 1 aliphatic heterocycles. The maximum Gasteiger partial charge on any atom is 0.358 e. The van der Waals surface area contributed by atoms with Crippen molar-refractivity contribution in [1.82, 2.24) is 30.9 Å². The molecule has 0 aliphatic carbocycles. The highest BCUT2D eigenvalue weighted by Gasteiger charge is 2.23. The van der Waals surface area contributed by atoms with E-state index in [2.05, 4.69) is 26.3 Å². The highest BCUT2D eigenvalue weighted by Crippen LogP contribution is 2.02. The van der Waals surface area contributed by atoms with Crippen molar-refractivity contribution in [3.63, 3.8) is 0 Å². The van der Waals surface area contributed by atoms with E-state index in [0.717, 1.165) is 6.42 Å². The molecule has 1 aliphatic rings. The van der Waals surface area contributed by atoms with E-state index in [-0.39, 0.29) is 24.7 Å². The Morgan fingerprint density at radius 2 is 2.33 bits per heavy atom.